The molecule has 0 fully saturated rings. The molecule has 108 valence electrons. The predicted molar refractivity (Wildman–Crippen MR) is 82.5 cm³/mol. The number of hydrogen-bond acceptors (Lipinski definition) is 2. The average molecular weight is 263 g/mol. The summed E-state index contributed by atoms with van der Waals surface area (Å²) in [6.07, 6.45) is 3.43. The lowest BCUT2D eigenvalue weighted by Crippen LogP contribution is -2.36. The quantitative estimate of drug-likeness (QED) is 0.743. The topological polar surface area (TPSA) is 32.3 Å². The van der Waals surface area contributed by atoms with Crippen molar-refractivity contribution in [2.75, 3.05) is 13.1 Å². The van der Waals surface area contributed by atoms with Crippen LogP contribution in [0.3, 0.4) is 0 Å². The monoisotopic (exact) mass is 263 g/mol. The van der Waals surface area contributed by atoms with Crippen LogP contribution in [0.2, 0.25) is 0 Å². The fourth-order valence-electron chi connectivity index (χ4n) is 2.49. The van der Waals surface area contributed by atoms with Gasteiger partial charge < -0.3 is 10.4 Å². The number of hydrogen-bond donors (Lipinski definition) is 2. The summed E-state index contributed by atoms with van der Waals surface area (Å²) in [5.74, 6) is 1.04. The summed E-state index contributed by atoms with van der Waals surface area (Å²) >= 11 is 0. The molecule has 2 nitrogen and oxygen atoms in total. The lowest BCUT2D eigenvalue weighted by molar-refractivity contribution is 0.243. The Morgan fingerprint density at radius 1 is 1.11 bits per heavy atom. The molecule has 0 saturated carbocycles. The van der Waals surface area contributed by atoms with Crippen molar-refractivity contribution in [3.05, 3.63) is 29.8 Å². The van der Waals surface area contributed by atoms with E-state index >= 15 is 0 Å². The van der Waals surface area contributed by atoms with E-state index in [-0.39, 0.29) is 0 Å². The zero-order valence-corrected chi connectivity index (χ0v) is 12.9. The van der Waals surface area contributed by atoms with Gasteiger partial charge in [0.1, 0.15) is 5.75 Å². The molecule has 1 aromatic carbocycles. The molecule has 1 aromatic rings. The third-order valence-electron chi connectivity index (χ3n) is 4.07. The molecule has 0 bridgehead atoms. The molecular formula is C17H29NO. The molecule has 0 amide bonds. The molecule has 0 aliphatic rings. The summed E-state index contributed by atoms with van der Waals surface area (Å²) in [5, 5.41) is 13.0. The lowest BCUT2D eigenvalue weighted by Gasteiger charge is -2.32. The summed E-state index contributed by atoms with van der Waals surface area (Å²) in [6, 6.07) is 7.65. The van der Waals surface area contributed by atoms with Crippen LogP contribution in [0.1, 0.15) is 46.1 Å². The lowest BCUT2D eigenvalue weighted by atomic mass is 9.77. The van der Waals surface area contributed by atoms with E-state index < -0.39 is 0 Å². The third-order valence-corrected chi connectivity index (χ3v) is 4.07. The minimum Gasteiger partial charge on any atom is -0.508 e. The van der Waals surface area contributed by atoms with E-state index in [0.29, 0.717) is 17.1 Å². The number of aromatic hydroxyl groups is 1. The van der Waals surface area contributed by atoms with Crippen molar-refractivity contribution >= 4 is 0 Å². The second kappa shape index (κ2) is 7.54. The number of rotatable bonds is 8. The molecule has 0 radical (unpaired) electrons. The first-order chi connectivity index (χ1) is 9.01. The van der Waals surface area contributed by atoms with E-state index in [1.165, 1.54) is 18.4 Å². The van der Waals surface area contributed by atoms with Crippen LogP contribution in [0.5, 0.6) is 5.75 Å². The smallest absolute Gasteiger partial charge is 0.115 e. The number of phenols is 1. The molecule has 0 aliphatic heterocycles. The maximum absolute atomic E-state index is 9.36. The van der Waals surface area contributed by atoms with Crippen molar-refractivity contribution in [1.82, 2.24) is 5.32 Å². The van der Waals surface area contributed by atoms with Gasteiger partial charge in [-0.2, -0.15) is 0 Å². The second-order valence-electron chi connectivity index (χ2n) is 6.08. The summed E-state index contributed by atoms with van der Waals surface area (Å²) in [7, 11) is 0. The molecule has 2 heteroatoms. The Bertz CT molecular complexity index is 352. The summed E-state index contributed by atoms with van der Waals surface area (Å²) in [5.41, 5.74) is 1.64. The molecule has 0 aliphatic carbocycles. The maximum Gasteiger partial charge on any atom is 0.115 e. The van der Waals surface area contributed by atoms with E-state index in [2.05, 4.69) is 33.0 Å². The first-order valence-corrected chi connectivity index (χ1v) is 7.50. The maximum atomic E-state index is 9.36. The van der Waals surface area contributed by atoms with Crippen molar-refractivity contribution < 1.29 is 5.11 Å². The third kappa shape index (κ3) is 5.23. The van der Waals surface area contributed by atoms with Crippen LogP contribution in [0, 0.1) is 11.3 Å². The molecule has 19 heavy (non-hydrogen) atoms. The van der Waals surface area contributed by atoms with Gasteiger partial charge in [0.05, 0.1) is 0 Å². The van der Waals surface area contributed by atoms with Crippen molar-refractivity contribution in [2.45, 2.75) is 47.0 Å². The number of nitrogens with one attached hydrogen (secondary N) is 1. The molecule has 0 saturated heterocycles. The van der Waals surface area contributed by atoms with Gasteiger partial charge in [-0.25, -0.2) is 0 Å². The number of benzene rings is 1. The molecule has 0 atom stereocenters. The summed E-state index contributed by atoms with van der Waals surface area (Å²) in [6.45, 7) is 11.2. The SMILES string of the molecule is CCC(CC)(CNCC(C)C)Cc1ccc(O)cc1. The largest absolute Gasteiger partial charge is 0.508 e. The van der Waals surface area contributed by atoms with Crippen molar-refractivity contribution in [1.29, 1.82) is 0 Å². The molecule has 2 N–H and O–H groups in total. The van der Waals surface area contributed by atoms with Crippen LogP contribution in [-0.2, 0) is 6.42 Å². The average Bonchev–Trinajstić information content (AvgIpc) is 2.40. The minimum absolute atomic E-state index is 0.325. The fourth-order valence-corrected chi connectivity index (χ4v) is 2.49. The zero-order valence-electron chi connectivity index (χ0n) is 12.9. The van der Waals surface area contributed by atoms with Gasteiger partial charge in [0.15, 0.2) is 0 Å². The highest BCUT2D eigenvalue weighted by Gasteiger charge is 2.26. The van der Waals surface area contributed by atoms with Gasteiger partial charge in [-0.3, -0.25) is 0 Å². The van der Waals surface area contributed by atoms with Gasteiger partial charge in [0, 0.05) is 6.54 Å². The van der Waals surface area contributed by atoms with Crippen LogP contribution in [0.4, 0.5) is 0 Å². The Morgan fingerprint density at radius 2 is 1.68 bits per heavy atom. The Morgan fingerprint density at radius 3 is 2.16 bits per heavy atom. The summed E-state index contributed by atoms with van der Waals surface area (Å²) in [4.78, 5) is 0. The highest BCUT2D eigenvalue weighted by molar-refractivity contribution is 5.26. The molecule has 0 heterocycles. The Balaban J connectivity index is 2.66. The van der Waals surface area contributed by atoms with E-state index in [0.717, 1.165) is 19.5 Å². The molecular weight excluding hydrogens is 234 g/mol. The van der Waals surface area contributed by atoms with Gasteiger partial charge in [0.25, 0.3) is 0 Å². The van der Waals surface area contributed by atoms with Gasteiger partial charge in [-0.1, -0.05) is 39.8 Å². The first-order valence-electron chi connectivity index (χ1n) is 7.50. The summed E-state index contributed by atoms with van der Waals surface area (Å²) < 4.78 is 0. The molecule has 0 spiro atoms. The molecule has 0 unspecified atom stereocenters. The van der Waals surface area contributed by atoms with Crippen molar-refractivity contribution in [3.63, 3.8) is 0 Å². The molecule has 0 aromatic heterocycles. The van der Waals surface area contributed by atoms with Crippen molar-refractivity contribution in [2.24, 2.45) is 11.3 Å². The van der Waals surface area contributed by atoms with Gasteiger partial charge in [-0.05, 0) is 54.8 Å². The standard InChI is InChI=1S/C17H29NO/c1-5-17(6-2,13-18-12-14(3)4)11-15-7-9-16(19)10-8-15/h7-10,14,18-19H,5-6,11-13H2,1-4H3. The van der Waals surface area contributed by atoms with E-state index in [1.807, 2.05) is 12.1 Å². The number of phenolic OH excluding ortho intramolecular Hbond substituents is 1. The Kier molecular flexibility index (Phi) is 6.36. The van der Waals surface area contributed by atoms with E-state index in [9.17, 15) is 5.11 Å². The van der Waals surface area contributed by atoms with Crippen molar-refractivity contribution in [3.8, 4) is 5.75 Å². The highest BCUT2D eigenvalue weighted by atomic mass is 16.3. The van der Waals surface area contributed by atoms with Crippen LogP contribution in [-0.4, -0.2) is 18.2 Å². The Hall–Kier alpha value is -1.02. The van der Waals surface area contributed by atoms with Gasteiger partial charge >= 0.3 is 0 Å². The van der Waals surface area contributed by atoms with E-state index in [4.69, 9.17) is 0 Å². The van der Waals surface area contributed by atoms with Crippen LogP contribution < -0.4 is 5.32 Å². The second-order valence-corrected chi connectivity index (χ2v) is 6.08. The predicted octanol–water partition coefficient (Wildman–Crippen LogP) is 3.99. The molecule has 1 rings (SSSR count). The van der Waals surface area contributed by atoms with Gasteiger partial charge in [0.2, 0.25) is 0 Å². The highest BCUT2D eigenvalue weighted by Crippen LogP contribution is 2.30. The zero-order chi connectivity index (χ0) is 14.3. The Labute approximate surface area is 118 Å². The normalized spacial score (nSPS) is 12.1. The minimum atomic E-state index is 0.325. The van der Waals surface area contributed by atoms with Crippen LogP contribution in [0.15, 0.2) is 24.3 Å². The van der Waals surface area contributed by atoms with E-state index in [1.54, 1.807) is 12.1 Å². The van der Waals surface area contributed by atoms with Gasteiger partial charge in [-0.15, -0.1) is 0 Å². The first kappa shape index (κ1) is 16.0. The fraction of sp³-hybridized carbons (Fsp3) is 0.647. The van der Waals surface area contributed by atoms with Crippen LogP contribution in [0.25, 0.3) is 0 Å². The van der Waals surface area contributed by atoms with Crippen LogP contribution >= 0.6 is 0 Å².